The number of halogens is 4. The smallest absolute Gasteiger partial charge is 0.406 e. The first-order valence-electron chi connectivity index (χ1n) is 10.4. The number of benzene rings is 2. The highest BCUT2D eigenvalue weighted by atomic mass is 19.4. The molecule has 3 N–H and O–H groups in total. The van der Waals surface area contributed by atoms with Gasteiger partial charge in [0, 0.05) is 30.7 Å². The number of carbonyl (C=O) groups excluding carboxylic acids is 1. The van der Waals surface area contributed by atoms with Gasteiger partial charge < -0.3 is 10.1 Å². The zero-order valence-electron chi connectivity index (χ0n) is 17.2. The lowest BCUT2D eigenvalue weighted by Gasteiger charge is -2.35. The van der Waals surface area contributed by atoms with Gasteiger partial charge >= 0.3 is 6.36 Å². The predicted octanol–water partition coefficient (Wildman–Crippen LogP) is 3.48. The Morgan fingerprint density at radius 1 is 1.06 bits per heavy atom. The third kappa shape index (κ3) is 5.76. The SMILES string of the molecule is O=C(NC1CCN(C2CC(c3ccc(F)cc3)NN2)CC1)c1cccc(OC(F)(F)F)c1. The van der Waals surface area contributed by atoms with Crippen molar-refractivity contribution >= 4 is 5.91 Å². The molecule has 172 valence electrons. The molecular weight excluding hydrogens is 428 g/mol. The van der Waals surface area contributed by atoms with E-state index in [2.05, 4.69) is 25.8 Å². The Bertz CT molecular complexity index is 930. The van der Waals surface area contributed by atoms with Crippen molar-refractivity contribution in [3.63, 3.8) is 0 Å². The summed E-state index contributed by atoms with van der Waals surface area (Å²) in [5.41, 5.74) is 7.67. The van der Waals surface area contributed by atoms with Crippen LogP contribution in [-0.2, 0) is 0 Å². The molecule has 2 aromatic carbocycles. The first-order chi connectivity index (χ1) is 15.3. The molecule has 2 aliphatic heterocycles. The van der Waals surface area contributed by atoms with Gasteiger partial charge in [0.2, 0.25) is 0 Å². The van der Waals surface area contributed by atoms with Crippen molar-refractivity contribution in [2.24, 2.45) is 0 Å². The number of rotatable bonds is 5. The van der Waals surface area contributed by atoms with Crippen LogP contribution in [0.5, 0.6) is 5.75 Å². The zero-order valence-corrected chi connectivity index (χ0v) is 17.2. The van der Waals surface area contributed by atoms with Crippen LogP contribution in [0.1, 0.15) is 41.2 Å². The number of carbonyl (C=O) groups is 1. The van der Waals surface area contributed by atoms with Gasteiger partial charge in [-0.05, 0) is 55.2 Å². The van der Waals surface area contributed by atoms with Crippen LogP contribution >= 0.6 is 0 Å². The molecule has 1 amide bonds. The van der Waals surface area contributed by atoms with Gasteiger partial charge in [0.15, 0.2) is 0 Å². The lowest BCUT2D eigenvalue weighted by molar-refractivity contribution is -0.274. The summed E-state index contributed by atoms with van der Waals surface area (Å²) in [6.07, 6.45) is -2.40. The van der Waals surface area contributed by atoms with Gasteiger partial charge in [-0.25, -0.2) is 15.2 Å². The largest absolute Gasteiger partial charge is 0.573 e. The van der Waals surface area contributed by atoms with Gasteiger partial charge in [0.05, 0.1) is 6.17 Å². The topological polar surface area (TPSA) is 65.6 Å². The molecule has 2 saturated heterocycles. The number of likely N-dealkylation sites (tertiary alicyclic amines) is 1. The van der Waals surface area contributed by atoms with Gasteiger partial charge in [-0.3, -0.25) is 9.69 Å². The lowest BCUT2D eigenvalue weighted by atomic mass is 10.0. The summed E-state index contributed by atoms with van der Waals surface area (Å²) in [7, 11) is 0. The van der Waals surface area contributed by atoms with E-state index >= 15 is 0 Å². The van der Waals surface area contributed by atoms with Crippen LogP contribution in [0.3, 0.4) is 0 Å². The number of hydrogen-bond acceptors (Lipinski definition) is 5. The zero-order chi connectivity index (χ0) is 22.7. The van der Waals surface area contributed by atoms with E-state index in [0.29, 0.717) is 0 Å². The molecule has 0 aliphatic carbocycles. The van der Waals surface area contributed by atoms with E-state index < -0.39 is 18.0 Å². The second kappa shape index (κ2) is 9.43. The van der Waals surface area contributed by atoms with Crippen LogP contribution in [0.25, 0.3) is 0 Å². The van der Waals surface area contributed by atoms with E-state index in [1.807, 2.05) is 0 Å². The maximum absolute atomic E-state index is 13.1. The van der Waals surface area contributed by atoms with Crippen LogP contribution < -0.4 is 20.9 Å². The summed E-state index contributed by atoms with van der Waals surface area (Å²) in [5, 5.41) is 2.90. The summed E-state index contributed by atoms with van der Waals surface area (Å²) in [4.78, 5) is 14.8. The molecule has 0 spiro atoms. The predicted molar refractivity (Wildman–Crippen MR) is 109 cm³/mol. The van der Waals surface area contributed by atoms with Crippen LogP contribution in [0, 0.1) is 5.82 Å². The summed E-state index contributed by atoms with van der Waals surface area (Å²) in [6.45, 7) is 1.52. The molecule has 10 heteroatoms. The molecule has 2 unspecified atom stereocenters. The fraction of sp³-hybridized carbons (Fsp3) is 0.409. The van der Waals surface area contributed by atoms with Crippen LogP contribution in [0.2, 0.25) is 0 Å². The molecule has 2 atom stereocenters. The summed E-state index contributed by atoms with van der Waals surface area (Å²) in [5.74, 6) is -1.11. The van der Waals surface area contributed by atoms with Crippen LogP contribution in [0.4, 0.5) is 17.6 Å². The number of nitrogens with zero attached hydrogens (tertiary/aromatic N) is 1. The molecular formula is C22H24F4N4O2. The highest BCUT2D eigenvalue weighted by Crippen LogP contribution is 2.26. The molecule has 0 radical (unpaired) electrons. The fourth-order valence-electron chi connectivity index (χ4n) is 4.15. The number of amides is 1. The number of ether oxygens (including phenoxy) is 1. The number of piperidine rings is 1. The summed E-state index contributed by atoms with van der Waals surface area (Å²) < 4.78 is 54.2. The van der Waals surface area contributed by atoms with Crippen molar-refractivity contribution in [3.05, 3.63) is 65.5 Å². The van der Waals surface area contributed by atoms with Crippen molar-refractivity contribution < 1.29 is 27.1 Å². The first kappa shape index (κ1) is 22.5. The van der Waals surface area contributed by atoms with E-state index in [0.717, 1.165) is 50.0 Å². The minimum absolute atomic E-state index is 0.0619. The van der Waals surface area contributed by atoms with Crippen LogP contribution in [-0.4, -0.2) is 42.5 Å². The van der Waals surface area contributed by atoms with Crippen molar-refractivity contribution in [3.8, 4) is 5.75 Å². The minimum atomic E-state index is -4.80. The van der Waals surface area contributed by atoms with Gasteiger partial charge in [0.25, 0.3) is 5.91 Å². The molecule has 0 saturated carbocycles. The minimum Gasteiger partial charge on any atom is -0.406 e. The highest BCUT2D eigenvalue weighted by molar-refractivity contribution is 5.94. The van der Waals surface area contributed by atoms with Crippen molar-refractivity contribution in [1.82, 2.24) is 21.1 Å². The fourth-order valence-corrected chi connectivity index (χ4v) is 4.15. The van der Waals surface area contributed by atoms with Gasteiger partial charge in [0.1, 0.15) is 11.6 Å². The molecule has 2 aliphatic rings. The number of alkyl halides is 3. The number of nitrogens with one attached hydrogen (secondary N) is 3. The Morgan fingerprint density at radius 3 is 2.47 bits per heavy atom. The highest BCUT2D eigenvalue weighted by Gasteiger charge is 2.33. The maximum Gasteiger partial charge on any atom is 0.573 e. The molecule has 2 aromatic rings. The Labute approximate surface area is 182 Å². The molecule has 6 nitrogen and oxygen atoms in total. The summed E-state index contributed by atoms with van der Waals surface area (Å²) in [6, 6.07) is 11.5. The van der Waals surface area contributed by atoms with E-state index in [1.165, 1.54) is 24.3 Å². The maximum atomic E-state index is 13.1. The third-order valence-corrected chi connectivity index (χ3v) is 5.79. The number of hydrazine groups is 1. The molecule has 4 rings (SSSR count). The first-order valence-corrected chi connectivity index (χ1v) is 10.4. The monoisotopic (exact) mass is 452 g/mol. The van der Waals surface area contributed by atoms with Crippen molar-refractivity contribution in [1.29, 1.82) is 0 Å². The van der Waals surface area contributed by atoms with E-state index in [1.54, 1.807) is 12.1 Å². The molecule has 32 heavy (non-hydrogen) atoms. The molecule has 0 aromatic heterocycles. The quantitative estimate of drug-likeness (QED) is 0.607. The molecule has 2 heterocycles. The second-order valence-electron chi connectivity index (χ2n) is 8.00. The van der Waals surface area contributed by atoms with E-state index in [-0.39, 0.29) is 29.6 Å². The average molecular weight is 452 g/mol. The number of hydrogen-bond donors (Lipinski definition) is 3. The van der Waals surface area contributed by atoms with Gasteiger partial charge in [-0.2, -0.15) is 0 Å². The molecule has 0 bridgehead atoms. The van der Waals surface area contributed by atoms with Crippen molar-refractivity contribution in [2.45, 2.75) is 43.9 Å². The normalized spacial score (nSPS) is 22.6. The van der Waals surface area contributed by atoms with Gasteiger partial charge in [-0.1, -0.05) is 18.2 Å². The Kier molecular flexibility index (Phi) is 6.63. The van der Waals surface area contributed by atoms with Crippen LogP contribution in [0.15, 0.2) is 48.5 Å². The van der Waals surface area contributed by atoms with E-state index in [9.17, 15) is 22.4 Å². The molecule has 2 fully saturated rings. The summed E-state index contributed by atoms with van der Waals surface area (Å²) >= 11 is 0. The standard InChI is InChI=1S/C22H24F4N4O2/c23-16-6-4-14(5-7-16)19-13-20(29-28-19)30-10-8-17(9-11-30)27-21(31)15-2-1-3-18(12-15)32-22(24,25)26/h1-7,12,17,19-20,28-29H,8-11,13H2,(H,27,31). The third-order valence-electron chi connectivity index (χ3n) is 5.79. The Morgan fingerprint density at radius 2 is 1.78 bits per heavy atom. The second-order valence-corrected chi connectivity index (χ2v) is 8.00. The Balaban J connectivity index is 1.26. The average Bonchev–Trinajstić information content (AvgIpc) is 3.24. The van der Waals surface area contributed by atoms with E-state index in [4.69, 9.17) is 0 Å². The Hall–Kier alpha value is -2.69. The lowest BCUT2D eigenvalue weighted by Crippen LogP contribution is -2.51. The van der Waals surface area contributed by atoms with Gasteiger partial charge in [-0.15, -0.1) is 13.2 Å². The van der Waals surface area contributed by atoms with Crippen molar-refractivity contribution in [2.75, 3.05) is 13.1 Å².